The second kappa shape index (κ2) is 5.82. The van der Waals surface area contributed by atoms with Crippen LogP contribution in [-0.4, -0.2) is 6.61 Å². The Bertz CT molecular complexity index is 354. The molecule has 0 saturated carbocycles. The van der Waals surface area contributed by atoms with Crippen LogP contribution in [0.25, 0.3) is 0 Å². The van der Waals surface area contributed by atoms with Crippen molar-refractivity contribution in [3.63, 3.8) is 0 Å². The number of hydrogen-bond acceptors (Lipinski definition) is 1. The summed E-state index contributed by atoms with van der Waals surface area (Å²) in [5.41, 5.74) is 2.39. The fraction of sp³-hybridized carbons (Fsp3) is 0.385. The van der Waals surface area contributed by atoms with Crippen LogP contribution >= 0.6 is 15.9 Å². The minimum atomic E-state index is 0.685. The molecule has 0 fully saturated rings. The lowest BCUT2D eigenvalue weighted by molar-refractivity contribution is 0.312. The van der Waals surface area contributed by atoms with Crippen molar-refractivity contribution in [1.82, 2.24) is 0 Å². The van der Waals surface area contributed by atoms with Gasteiger partial charge in [0.1, 0.15) is 5.75 Å². The van der Waals surface area contributed by atoms with Crippen LogP contribution in [0.1, 0.15) is 24.0 Å². The molecule has 0 N–H and O–H groups in total. The molecular weight excluding hydrogens is 252 g/mol. The molecular formula is C13H15BrO. The number of hydrogen-bond donors (Lipinski definition) is 0. The first-order chi connectivity index (χ1) is 7.15. The van der Waals surface area contributed by atoms with Gasteiger partial charge in [-0.15, -0.1) is 12.3 Å². The Kier molecular flexibility index (Phi) is 4.71. The highest BCUT2D eigenvalue weighted by atomic mass is 79.9. The van der Waals surface area contributed by atoms with Crippen LogP contribution in [0.2, 0.25) is 0 Å². The Hall–Kier alpha value is -0.940. The number of halogens is 1. The number of ether oxygens (including phenoxy) is 1. The predicted molar refractivity (Wildman–Crippen MR) is 67.2 cm³/mol. The summed E-state index contributed by atoms with van der Waals surface area (Å²) < 4.78 is 6.76. The maximum absolute atomic E-state index is 5.61. The Labute approximate surface area is 100.0 Å². The second-order valence-corrected chi connectivity index (χ2v) is 4.32. The van der Waals surface area contributed by atoms with Gasteiger partial charge >= 0.3 is 0 Å². The standard InChI is InChI=1S/C13H15BrO/c1-4-5-6-7-15-12-8-10(2)13(14)11(3)9-12/h1,8-9H,5-7H2,2-3H3. The molecule has 1 aromatic carbocycles. The first-order valence-electron chi connectivity index (χ1n) is 4.98. The molecule has 0 bridgehead atoms. The molecule has 0 aromatic heterocycles. The maximum atomic E-state index is 5.61. The van der Waals surface area contributed by atoms with Crippen LogP contribution < -0.4 is 4.74 Å². The van der Waals surface area contributed by atoms with E-state index in [9.17, 15) is 0 Å². The molecule has 1 nitrogen and oxygen atoms in total. The van der Waals surface area contributed by atoms with Gasteiger partial charge in [0.25, 0.3) is 0 Å². The van der Waals surface area contributed by atoms with E-state index >= 15 is 0 Å². The topological polar surface area (TPSA) is 9.23 Å². The van der Waals surface area contributed by atoms with E-state index in [2.05, 4.69) is 35.7 Å². The molecule has 0 radical (unpaired) electrons. The highest BCUT2D eigenvalue weighted by Gasteiger charge is 2.02. The van der Waals surface area contributed by atoms with Gasteiger partial charge in [0.05, 0.1) is 6.61 Å². The van der Waals surface area contributed by atoms with Gasteiger partial charge < -0.3 is 4.74 Å². The van der Waals surface area contributed by atoms with Crippen molar-refractivity contribution in [3.05, 3.63) is 27.7 Å². The summed E-state index contributed by atoms with van der Waals surface area (Å²) >= 11 is 3.52. The summed E-state index contributed by atoms with van der Waals surface area (Å²) in [5, 5.41) is 0. The van der Waals surface area contributed by atoms with E-state index in [0.29, 0.717) is 6.61 Å². The predicted octanol–water partition coefficient (Wildman–Crippen LogP) is 3.86. The lowest BCUT2D eigenvalue weighted by Gasteiger charge is -2.09. The van der Waals surface area contributed by atoms with Gasteiger partial charge in [-0.05, 0) is 43.5 Å². The Morgan fingerprint density at radius 1 is 1.33 bits per heavy atom. The highest BCUT2D eigenvalue weighted by Crippen LogP contribution is 2.26. The normalized spacial score (nSPS) is 9.73. The average molecular weight is 267 g/mol. The number of terminal acetylenes is 1. The van der Waals surface area contributed by atoms with Crippen molar-refractivity contribution in [1.29, 1.82) is 0 Å². The number of rotatable bonds is 4. The first-order valence-corrected chi connectivity index (χ1v) is 5.77. The van der Waals surface area contributed by atoms with Gasteiger partial charge in [-0.2, -0.15) is 0 Å². The Balaban J connectivity index is 2.59. The molecule has 15 heavy (non-hydrogen) atoms. The SMILES string of the molecule is C#CCCCOc1cc(C)c(Br)c(C)c1. The zero-order chi connectivity index (χ0) is 11.3. The lowest BCUT2D eigenvalue weighted by atomic mass is 10.1. The van der Waals surface area contributed by atoms with Gasteiger partial charge in [0, 0.05) is 10.9 Å². The number of aryl methyl sites for hydroxylation is 2. The molecule has 0 aliphatic rings. The minimum absolute atomic E-state index is 0.685. The third-order valence-electron chi connectivity index (χ3n) is 2.14. The quantitative estimate of drug-likeness (QED) is 0.594. The maximum Gasteiger partial charge on any atom is 0.119 e. The van der Waals surface area contributed by atoms with E-state index in [1.165, 1.54) is 11.1 Å². The average Bonchev–Trinajstić information content (AvgIpc) is 2.21. The zero-order valence-electron chi connectivity index (χ0n) is 9.14. The van der Waals surface area contributed by atoms with E-state index in [1.807, 2.05) is 12.1 Å². The largest absolute Gasteiger partial charge is 0.494 e. The highest BCUT2D eigenvalue weighted by molar-refractivity contribution is 9.10. The van der Waals surface area contributed by atoms with Crippen molar-refractivity contribution in [2.24, 2.45) is 0 Å². The van der Waals surface area contributed by atoms with Gasteiger partial charge in [0.15, 0.2) is 0 Å². The molecule has 0 saturated heterocycles. The smallest absolute Gasteiger partial charge is 0.119 e. The second-order valence-electron chi connectivity index (χ2n) is 3.53. The summed E-state index contributed by atoms with van der Waals surface area (Å²) in [6, 6.07) is 4.07. The fourth-order valence-electron chi connectivity index (χ4n) is 1.35. The van der Waals surface area contributed by atoms with Crippen molar-refractivity contribution < 1.29 is 4.74 Å². The summed E-state index contributed by atoms with van der Waals surface area (Å²) in [4.78, 5) is 0. The van der Waals surface area contributed by atoms with Crippen LogP contribution in [0.4, 0.5) is 0 Å². The summed E-state index contributed by atoms with van der Waals surface area (Å²) in [6.45, 7) is 4.81. The van der Waals surface area contributed by atoms with Crippen molar-refractivity contribution in [2.75, 3.05) is 6.61 Å². The van der Waals surface area contributed by atoms with Crippen LogP contribution in [0.3, 0.4) is 0 Å². The number of unbranched alkanes of at least 4 members (excludes halogenated alkanes) is 1. The van der Waals surface area contributed by atoms with Crippen molar-refractivity contribution in [3.8, 4) is 18.1 Å². The summed E-state index contributed by atoms with van der Waals surface area (Å²) in [6.07, 6.45) is 6.84. The first kappa shape index (κ1) is 12.1. The molecule has 0 amide bonds. The molecule has 0 aliphatic heterocycles. The van der Waals surface area contributed by atoms with Gasteiger partial charge in [-0.3, -0.25) is 0 Å². The van der Waals surface area contributed by atoms with Crippen molar-refractivity contribution >= 4 is 15.9 Å². The van der Waals surface area contributed by atoms with E-state index < -0.39 is 0 Å². The van der Waals surface area contributed by atoms with E-state index in [1.54, 1.807) is 0 Å². The number of benzene rings is 1. The van der Waals surface area contributed by atoms with Crippen LogP contribution in [0.5, 0.6) is 5.75 Å². The summed E-state index contributed by atoms with van der Waals surface area (Å²) in [5.74, 6) is 3.52. The fourth-order valence-corrected chi connectivity index (χ4v) is 1.58. The molecule has 1 rings (SSSR count). The monoisotopic (exact) mass is 266 g/mol. The Morgan fingerprint density at radius 2 is 1.93 bits per heavy atom. The molecule has 0 heterocycles. The van der Waals surface area contributed by atoms with Crippen molar-refractivity contribution in [2.45, 2.75) is 26.7 Å². The van der Waals surface area contributed by atoms with E-state index in [4.69, 9.17) is 11.2 Å². The molecule has 2 heteroatoms. The van der Waals surface area contributed by atoms with Crippen LogP contribution in [0.15, 0.2) is 16.6 Å². The van der Waals surface area contributed by atoms with E-state index in [0.717, 1.165) is 23.1 Å². The van der Waals surface area contributed by atoms with Crippen LogP contribution in [0, 0.1) is 26.2 Å². The molecule has 0 spiro atoms. The molecule has 0 atom stereocenters. The molecule has 80 valence electrons. The van der Waals surface area contributed by atoms with Crippen LogP contribution in [-0.2, 0) is 0 Å². The van der Waals surface area contributed by atoms with Gasteiger partial charge in [0.2, 0.25) is 0 Å². The Morgan fingerprint density at radius 3 is 2.47 bits per heavy atom. The minimum Gasteiger partial charge on any atom is -0.494 e. The lowest BCUT2D eigenvalue weighted by Crippen LogP contribution is -1.97. The molecule has 0 unspecified atom stereocenters. The van der Waals surface area contributed by atoms with Gasteiger partial charge in [-0.25, -0.2) is 0 Å². The van der Waals surface area contributed by atoms with Gasteiger partial charge in [-0.1, -0.05) is 15.9 Å². The summed E-state index contributed by atoms with van der Waals surface area (Å²) in [7, 11) is 0. The zero-order valence-corrected chi connectivity index (χ0v) is 10.7. The third-order valence-corrected chi connectivity index (χ3v) is 3.39. The molecule has 1 aromatic rings. The molecule has 0 aliphatic carbocycles. The third kappa shape index (κ3) is 3.60. The van der Waals surface area contributed by atoms with E-state index in [-0.39, 0.29) is 0 Å².